The summed E-state index contributed by atoms with van der Waals surface area (Å²) in [6, 6.07) is 14.5. The van der Waals surface area contributed by atoms with Crippen LogP contribution >= 0.6 is 11.6 Å². The number of carbonyl (C=O) groups is 1. The summed E-state index contributed by atoms with van der Waals surface area (Å²) in [5.41, 5.74) is 1.97. The summed E-state index contributed by atoms with van der Waals surface area (Å²) in [7, 11) is 0. The van der Waals surface area contributed by atoms with Crippen LogP contribution in [-0.2, 0) is 11.2 Å². The van der Waals surface area contributed by atoms with E-state index in [2.05, 4.69) is 6.92 Å². The van der Waals surface area contributed by atoms with E-state index in [0.717, 1.165) is 24.1 Å². The molecule has 0 radical (unpaired) electrons. The third-order valence-corrected chi connectivity index (χ3v) is 4.93. The van der Waals surface area contributed by atoms with E-state index in [-0.39, 0.29) is 23.7 Å². The number of hydrogen-bond donors (Lipinski definition) is 0. The second-order valence-electron chi connectivity index (χ2n) is 6.04. The number of hydrogen-bond acceptors (Lipinski definition) is 1. The van der Waals surface area contributed by atoms with Crippen molar-refractivity contribution in [3.63, 3.8) is 0 Å². The molecule has 0 spiro atoms. The highest BCUT2D eigenvalue weighted by Gasteiger charge is 2.34. The molecular weight excluding hydrogens is 313 g/mol. The van der Waals surface area contributed by atoms with Crippen LogP contribution in [0.25, 0.3) is 0 Å². The summed E-state index contributed by atoms with van der Waals surface area (Å²) in [5, 5.41) is 0.396. The molecule has 1 heterocycles. The number of benzene rings is 2. The lowest BCUT2D eigenvalue weighted by molar-refractivity contribution is -0.132. The van der Waals surface area contributed by atoms with Crippen molar-refractivity contribution in [2.24, 2.45) is 5.92 Å². The first-order valence-electron chi connectivity index (χ1n) is 7.85. The highest BCUT2D eigenvalue weighted by Crippen LogP contribution is 2.31. The van der Waals surface area contributed by atoms with Crippen molar-refractivity contribution in [2.75, 3.05) is 6.54 Å². The van der Waals surface area contributed by atoms with Gasteiger partial charge in [0.25, 0.3) is 0 Å². The fourth-order valence-corrected chi connectivity index (χ4v) is 3.45. The van der Waals surface area contributed by atoms with Crippen LogP contribution in [0.15, 0.2) is 48.5 Å². The summed E-state index contributed by atoms with van der Waals surface area (Å²) in [6.07, 6.45) is 1.37. The second kappa shape index (κ2) is 6.71. The largest absolute Gasteiger partial charge is 0.336 e. The maximum atomic E-state index is 13.1. The first kappa shape index (κ1) is 16.0. The molecule has 0 N–H and O–H groups in total. The smallest absolute Gasteiger partial charge is 0.226 e. The molecule has 0 aliphatic carbocycles. The van der Waals surface area contributed by atoms with Gasteiger partial charge >= 0.3 is 0 Å². The molecule has 23 heavy (non-hydrogen) atoms. The molecule has 1 amide bonds. The molecule has 1 saturated heterocycles. The predicted molar refractivity (Wildman–Crippen MR) is 89.8 cm³/mol. The van der Waals surface area contributed by atoms with Gasteiger partial charge in [0.2, 0.25) is 5.91 Å². The Labute approximate surface area is 140 Å². The van der Waals surface area contributed by atoms with Crippen molar-refractivity contribution < 1.29 is 9.18 Å². The van der Waals surface area contributed by atoms with Crippen molar-refractivity contribution in [3.8, 4) is 0 Å². The van der Waals surface area contributed by atoms with Gasteiger partial charge in [0.05, 0.1) is 6.04 Å². The molecule has 3 rings (SSSR count). The van der Waals surface area contributed by atoms with Gasteiger partial charge in [-0.15, -0.1) is 0 Å². The number of rotatable bonds is 4. The van der Waals surface area contributed by atoms with E-state index in [1.807, 2.05) is 35.2 Å². The van der Waals surface area contributed by atoms with E-state index in [0.29, 0.717) is 11.4 Å². The summed E-state index contributed by atoms with van der Waals surface area (Å²) >= 11 is 6.09. The molecule has 1 fully saturated rings. The number of likely N-dealkylation sites (tertiary alicyclic amines) is 1. The molecular formula is C19H19ClFNO. The van der Waals surface area contributed by atoms with E-state index >= 15 is 0 Å². The van der Waals surface area contributed by atoms with Crippen LogP contribution in [0.1, 0.15) is 30.5 Å². The lowest BCUT2D eigenvalue weighted by atomic mass is 9.98. The molecule has 2 atom stereocenters. The average molecular weight is 332 g/mol. The first-order chi connectivity index (χ1) is 11.1. The molecule has 0 aromatic heterocycles. The van der Waals surface area contributed by atoms with Crippen molar-refractivity contribution in [2.45, 2.75) is 25.8 Å². The number of halogens is 2. The Bertz CT molecular complexity index is 704. The molecule has 1 aliphatic rings. The number of amides is 1. The van der Waals surface area contributed by atoms with Gasteiger partial charge in [0.1, 0.15) is 5.82 Å². The van der Waals surface area contributed by atoms with Crippen LogP contribution in [0.4, 0.5) is 4.39 Å². The minimum Gasteiger partial charge on any atom is -0.336 e. The van der Waals surface area contributed by atoms with Crippen molar-refractivity contribution >= 4 is 17.5 Å². The van der Waals surface area contributed by atoms with E-state index < -0.39 is 0 Å². The van der Waals surface area contributed by atoms with Gasteiger partial charge in [0, 0.05) is 17.5 Å². The van der Waals surface area contributed by atoms with Crippen molar-refractivity contribution in [3.05, 3.63) is 70.5 Å². The Morgan fingerprint density at radius 2 is 2.00 bits per heavy atom. The molecule has 0 bridgehead atoms. The van der Waals surface area contributed by atoms with Crippen LogP contribution < -0.4 is 0 Å². The Morgan fingerprint density at radius 1 is 1.26 bits per heavy atom. The third kappa shape index (κ3) is 3.40. The quantitative estimate of drug-likeness (QED) is 0.799. The van der Waals surface area contributed by atoms with Crippen molar-refractivity contribution in [1.29, 1.82) is 0 Å². The minimum atomic E-state index is -0.351. The average Bonchev–Trinajstić information content (AvgIpc) is 2.91. The molecule has 1 aliphatic heterocycles. The summed E-state index contributed by atoms with van der Waals surface area (Å²) in [5.74, 6) is -0.276. The van der Waals surface area contributed by atoms with Crippen molar-refractivity contribution in [1.82, 2.24) is 4.90 Å². The zero-order chi connectivity index (χ0) is 16.4. The molecule has 4 heteroatoms. The molecule has 2 aromatic rings. The van der Waals surface area contributed by atoms with Gasteiger partial charge in [-0.05, 0) is 43.0 Å². The summed E-state index contributed by atoms with van der Waals surface area (Å²) < 4.78 is 13.1. The summed E-state index contributed by atoms with van der Waals surface area (Å²) in [4.78, 5) is 14.6. The Hall–Kier alpha value is -1.87. The first-order valence-corrected chi connectivity index (χ1v) is 8.23. The fourth-order valence-electron chi connectivity index (χ4n) is 3.20. The zero-order valence-corrected chi connectivity index (χ0v) is 13.8. The fraction of sp³-hybridized carbons (Fsp3) is 0.316. The van der Waals surface area contributed by atoms with Crippen LogP contribution in [0.3, 0.4) is 0 Å². The lowest BCUT2D eigenvalue weighted by Crippen LogP contribution is -2.30. The van der Waals surface area contributed by atoms with Gasteiger partial charge in [-0.3, -0.25) is 4.79 Å². The molecule has 0 unspecified atom stereocenters. The van der Waals surface area contributed by atoms with Gasteiger partial charge in [-0.1, -0.05) is 48.0 Å². The number of carbonyl (C=O) groups excluding carboxylic acids is 1. The standard InChI is InChI=1S/C19H19ClFNO/c1-13(14-5-3-2-4-6-14)22-10-9-16(19(22)23)11-15-7-8-17(21)12-18(15)20/h2-8,12-13,16H,9-11H2,1H3/t13-,16-/m0/s1. The Kier molecular flexibility index (Phi) is 4.67. The van der Waals surface area contributed by atoms with E-state index in [1.54, 1.807) is 6.07 Å². The van der Waals surface area contributed by atoms with Crippen LogP contribution in [0.2, 0.25) is 5.02 Å². The normalized spacial score (nSPS) is 19.2. The van der Waals surface area contributed by atoms with E-state index in [9.17, 15) is 9.18 Å². The van der Waals surface area contributed by atoms with E-state index in [1.165, 1.54) is 12.1 Å². The monoisotopic (exact) mass is 331 g/mol. The Morgan fingerprint density at radius 3 is 2.70 bits per heavy atom. The molecule has 0 saturated carbocycles. The van der Waals surface area contributed by atoms with Crippen LogP contribution in [0.5, 0.6) is 0 Å². The van der Waals surface area contributed by atoms with Gasteiger partial charge in [-0.25, -0.2) is 4.39 Å². The second-order valence-corrected chi connectivity index (χ2v) is 6.45. The highest BCUT2D eigenvalue weighted by atomic mass is 35.5. The topological polar surface area (TPSA) is 20.3 Å². The van der Waals surface area contributed by atoms with Gasteiger partial charge in [0.15, 0.2) is 0 Å². The van der Waals surface area contributed by atoms with Crippen LogP contribution in [0, 0.1) is 11.7 Å². The summed E-state index contributed by atoms with van der Waals surface area (Å²) in [6.45, 7) is 2.80. The molecule has 2 aromatic carbocycles. The van der Waals surface area contributed by atoms with E-state index in [4.69, 9.17) is 11.6 Å². The lowest BCUT2D eigenvalue weighted by Gasteiger charge is -2.25. The van der Waals surface area contributed by atoms with Crippen LogP contribution in [-0.4, -0.2) is 17.4 Å². The predicted octanol–water partition coefficient (Wildman–Crippen LogP) is 4.63. The zero-order valence-electron chi connectivity index (χ0n) is 13.0. The third-order valence-electron chi connectivity index (χ3n) is 4.58. The van der Waals surface area contributed by atoms with Gasteiger partial charge in [-0.2, -0.15) is 0 Å². The maximum Gasteiger partial charge on any atom is 0.226 e. The minimum absolute atomic E-state index is 0.0670. The highest BCUT2D eigenvalue weighted by molar-refractivity contribution is 6.31. The number of nitrogens with zero attached hydrogens (tertiary/aromatic N) is 1. The molecule has 120 valence electrons. The van der Waals surface area contributed by atoms with Gasteiger partial charge < -0.3 is 4.90 Å². The Balaban J connectivity index is 1.71. The molecule has 2 nitrogen and oxygen atoms in total. The SMILES string of the molecule is C[C@@H](c1ccccc1)N1CC[C@@H](Cc2ccc(F)cc2Cl)C1=O. The maximum absolute atomic E-state index is 13.1.